The van der Waals surface area contributed by atoms with Crippen LogP contribution in [0.4, 0.5) is 13.2 Å². The second-order valence-electron chi connectivity index (χ2n) is 9.58. The highest BCUT2D eigenvalue weighted by atomic mass is 35.5. The Kier molecular flexibility index (Phi) is 9.07. The number of ether oxygens (including phenoxy) is 1. The summed E-state index contributed by atoms with van der Waals surface area (Å²) >= 11 is 6.39. The molecule has 0 bridgehead atoms. The summed E-state index contributed by atoms with van der Waals surface area (Å²) in [7, 11) is 6.64. The van der Waals surface area contributed by atoms with Gasteiger partial charge in [0.1, 0.15) is 5.75 Å². The van der Waals surface area contributed by atoms with E-state index in [1.165, 1.54) is 32.6 Å². The lowest BCUT2D eigenvalue weighted by molar-refractivity contribution is -0.194. The lowest BCUT2D eigenvalue weighted by Gasteiger charge is -2.30. The molecule has 2 N–H and O–H groups in total. The van der Waals surface area contributed by atoms with Crippen LogP contribution in [0.2, 0.25) is 5.02 Å². The van der Waals surface area contributed by atoms with E-state index in [0.717, 1.165) is 5.56 Å². The molecule has 11 heteroatoms. The first-order valence-electron chi connectivity index (χ1n) is 11.9. The largest absolute Gasteiger partial charge is 0.495 e. The van der Waals surface area contributed by atoms with E-state index in [2.05, 4.69) is 15.6 Å². The number of carbonyl (C=O) groups excluding carboxylic acids is 2. The van der Waals surface area contributed by atoms with Crippen molar-refractivity contribution in [1.29, 1.82) is 0 Å². The second kappa shape index (κ2) is 11.7. The van der Waals surface area contributed by atoms with Gasteiger partial charge in [-0.1, -0.05) is 17.7 Å². The summed E-state index contributed by atoms with van der Waals surface area (Å²) in [5, 5.41) is 5.78. The lowest BCUT2D eigenvalue weighted by atomic mass is 9.80. The van der Waals surface area contributed by atoms with E-state index in [1.54, 1.807) is 18.2 Å². The van der Waals surface area contributed by atoms with Crippen molar-refractivity contribution >= 4 is 23.4 Å². The van der Waals surface area contributed by atoms with Crippen molar-refractivity contribution in [1.82, 2.24) is 20.5 Å². The lowest BCUT2D eigenvalue weighted by Crippen LogP contribution is -2.42. The molecule has 0 spiro atoms. The first-order chi connectivity index (χ1) is 17.4. The highest BCUT2D eigenvalue weighted by Crippen LogP contribution is 2.66. The van der Waals surface area contributed by atoms with Crippen LogP contribution in [0.15, 0.2) is 36.7 Å². The standard InChI is InChI=1S/C26H32ClF3N4O3/c1-31-24(36)17-6-5-16(22(27)11-17)9-19(34(2)3)14-33-23(35)12-21(25(7-8-25)26(28,29)30)18-10-20(37-4)15-32-13-18/h5-6,10-11,13,15,19,21H,7-9,12,14H2,1-4H3,(H,31,36)(H,33,35). The van der Waals surface area contributed by atoms with Gasteiger partial charge in [-0.3, -0.25) is 14.6 Å². The van der Waals surface area contributed by atoms with E-state index in [9.17, 15) is 22.8 Å². The Labute approximate surface area is 219 Å². The van der Waals surface area contributed by atoms with Crippen LogP contribution in [0.1, 0.15) is 46.7 Å². The Morgan fingerprint density at radius 2 is 1.92 bits per heavy atom. The van der Waals surface area contributed by atoms with Crippen molar-refractivity contribution in [2.24, 2.45) is 5.41 Å². The Bertz CT molecular complexity index is 1120. The van der Waals surface area contributed by atoms with E-state index in [4.69, 9.17) is 16.3 Å². The molecule has 1 saturated carbocycles. The molecule has 2 atom stereocenters. The number of aromatic nitrogens is 1. The number of amides is 2. The Hall–Kier alpha value is -2.85. The SMILES string of the molecule is CNC(=O)c1ccc(CC(CNC(=O)CC(c2cncc(OC)c2)C2(C(F)(F)F)CC2)N(C)C)c(Cl)c1. The fourth-order valence-electron chi connectivity index (χ4n) is 4.51. The van der Waals surface area contributed by atoms with Crippen molar-refractivity contribution in [2.75, 3.05) is 34.8 Å². The van der Waals surface area contributed by atoms with Gasteiger partial charge in [0.25, 0.3) is 5.91 Å². The van der Waals surface area contributed by atoms with Crippen LogP contribution in [0.5, 0.6) is 5.75 Å². The van der Waals surface area contributed by atoms with E-state index in [1.807, 2.05) is 19.0 Å². The van der Waals surface area contributed by atoms with E-state index in [0.29, 0.717) is 28.3 Å². The molecule has 0 saturated heterocycles. The van der Waals surface area contributed by atoms with Crippen LogP contribution in [-0.4, -0.2) is 68.7 Å². The number of nitrogens with one attached hydrogen (secondary N) is 2. The molecule has 1 aromatic heterocycles. The number of likely N-dealkylation sites (N-methyl/N-ethyl adjacent to an activating group) is 1. The number of halogens is 4. The minimum Gasteiger partial charge on any atom is -0.495 e. The topological polar surface area (TPSA) is 83.6 Å². The molecule has 1 aliphatic rings. The maximum absolute atomic E-state index is 14.0. The molecule has 2 unspecified atom stereocenters. The molecule has 1 heterocycles. The van der Waals surface area contributed by atoms with E-state index < -0.39 is 23.4 Å². The number of carbonyl (C=O) groups is 2. The predicted molar refractivity (Wildman–Crippen MR) is 135 cm³/mol. The van der Waals surface area contributed by atoms with Crippen molar-refractivity contribution in [3.8, 4) is 5.75 Å². The highest BCUT2D eigenvalue weighted by molar-refractivity contribution is 6.31. The van der Waals surface area contributed by atoms with Gasteiger partial charge in [0.05, 0.1) is 18.7 Å². The number of alkyl halides is 3. The van der Waals surface area contributed by atoms with Crippen molar-refractivity contribution in [2.45, 2.75) is 43.8 Å². The highest BCUT2D eigenvalue weighted by Gasteiger charge is 2.67. The first-order valence-corrected chi connectivity index (χ1v) is 12.3. The number of methoxy groups -OCH3 is 1. The predicted octanol–water partition coefficient (Wildman–Crippen LogP) is 4.21. The van der Waals surface area contributed by atoms with Gasteiger partial charge in [-0.15, -0.1) is 0 Å². The van der Waals surface area contributed by atoms with Gasteiger partial charge < -0.3 is 20.3 Å². The van der Waals surface area contributed by atoms with Crippen molar-refractivity contribution in [3.63, 3.8) is 0 Å². The van der Waals surface area contributed by atoms with Crippen LogP contribution in [0, 0.1) is 5.41 Å². The first kappa shape index (κ1) is 28.7. The van der Waals surface area contributed by atoms with Gasteiger partial charge in [-0.2, -0.15) is 13.2 Å². The number of rotatable bonds is 11. The van der Waals surface area contributed by atoms with E-state index in [-0.39, 0.29) is 37.8 Å². The molecular formula is C26H32ClF3N4O3. The molecule has 7 nitrogen and oxygen atoms in total. The van der Waals surface area contributed by atoms with Crippen LogP contribution >= 0.6 is 11.6 Å². The minimum absolute atomic E-state index is 0.0312. The van der Waals surface area contributed by atoms with Gasteiger partial charge in [0, 0.05) is 48.8 Å². The monoisotopic (exact) mass is 540 g/mol. The third-order valence-corrected chi connectivity index (χ3v) is 7.40. The van der Waals surface area contributed by atoms with E-state index >= 15 is 0 Å². The molecule has 1 fully saturated rings. The van der Waals surface area contributed by atoms with Crippen molar-refractivity contribution < 1.29 is 27.5 Å². The summed E-state index contributed by atoms with van der Waals surface area (Å²) in [4.78, 5) is 30.7. The third kappa shape index (κ3) is 6.73. The molecule has 1 aliphatic carbocycles. The van der Waals surface area contributed by atoms with Gasteiger partial charge in [0.15, 0.2) is 0 Å². The average molecular weight is 541 g/mol. The fraction of sp³-hybridized carbons (Fsp3) is 0.500. The molecule has 2 aromatic rings. The molecule has 0 radical (unpaired) electrons. The zero-order valence-corrected chi connectivity index (χ0v) is 22.0. The average Bonchev–Trinajstić information content (AvgIpc) is 3.67. The number of benzene rings is 1. The Morgan fingerprint density at radius 3 is 2.46 bits per heavy atom. The summed E-state index contributed by atoms with van der Waals surface area (Å²) in [6.07, 6.45) is -1.56. The van der Waals surface area contributed by atoms with Gasteiger partial charge in [-0.05, 0) is 62.7 Å². The Morgan fingerprint density at radius 1 is 1.22 bits per heavy atom. The number of hydrogen-bond donors (Lipinski definition) is 2. The summed E-state index contributed by atoms with van der Waals surface area (Å²) < 4.78 is 47.3. The van der Waals surface area contributed by atoms with Crippen LogP contribution in [0.25, 0.3) is 0 Å². The maximum Gasteiger partial charge on any atom is 0.395 e. The minimum atomic E-state index is -4.44. The summed E-state index contributed by atoms with van der Waals surface area (Å²) in [5.74, 6) is -1.46. The maximum atomic E-state index is 14.0. The zero-order chi connectivity index (χ0) is 27.4. The quantitative estimate of drug-likeness (QED) is 0.446. The number of hydrogen-bond acceptors (Lipinski definition) is 5. The van der Waals surface area contributed by atoms with Crippen LogP contribution < -0.4 is 15.4 Å². The van der Waals surface area contributed by atoms with Gasteiger partial charge >= 0.3 is 6.18 Å². The van der Waals surface area contributed by atoms with Gasteiger partial charge in [-0.25, -0.2) is 0 Å². The fourth-order valence-corrected chi connectivity index (χ4v) is 4.77. The summed E-state index contributed by atoms with van der Waals surface area (Å²) in [5.41, 5.74) is -0.393. The molecule has 2 amide bonds. The zero-order valence-electron chi connectivity index (χ0n) is 21.3. The summed E-state index contributed by atoms with van der Waals surface area (Å²) in [6, 6.07) is 6.35. The molecule has 202 valence electrons. The van der Waals surface area contributed by atoms with Crippen molar-refractivity contribution in [3.05, 3.63) is 58.4 Å². The second-order valence-corrected chi connectivity index (χ2v) is 9.99. The normalized spacial score (nSPS) is 16.1. The number of pyridine rings is 1. The van der Waals surface area contributed by atoms with Crippen LogP contribution in [-0.2, 0) is 11.2 Å². The summed E-state index contributed by atoms with van der Waals surface area (Å²) in [6.45, 7) is 0.210. The molecular weight excluding hydrogens is 509 g/mol. The molecule has 3 rings (SSSR count). The third-order valence-electron chi connectivity index (χ3n) is 7.05. The smallest absolute Gasteiger partial charge is 0.395 e. The van der Waals surface area contributed by atoms with Gasteiger partial charge in [0.2, 0.25) is 5.91 Å². The Balaban J connectivity index is 1.72. The molecule has 0 aliphatic heterocycles. The molecule has 1 aromatic carbocycles. The molecule has 37 heavy (non-hydrogen) atoms. The number of nitrogens with zero attached hydrogens (tertiary/aromatic N) is 2. The van der Waals surface area contributed by atoms with Crippen LogP contribution in [0.3, 0.4) is 0 Å².